The van der Waals surface area contributed by atoms with Crippen LogP contribution in [-0.2, 0) is 24.4 Å². The summed E-state index contributed by atoms with van der Waals surface area (Å²) in [6, 6.07) is 18.0. The zero-order valence-corrected chi connectivity index (χ0v) is 18.8. The van der Waals surface area contributed by atoms with Gasteiger partial charge in [-0.15, -0.1) is 0 Å². The Morgan fingerprint density at radius 3 is 2.72 bits per heavy atom. The van der Waals surface area contributed by atoms with Gasteiger partial charge in [0.05, 0.1) is 17.6 Å². The first-order valence-electron chi connectivity index (χ1n) is 11.4. The Labute approximate surface area is 188 Å². The third-order valence-corrected chi connectivity index (χ3v) is 6.03. The number of hydrogen-bond donors (Lipinski definition) is 1. The molecule has 2 aromatic carbocycles. The van der Waals surface area contributed by atoms with E-state index in [2.05, 4.69) is 28.6 Å². The minimum Gasteiger partial charge on any atom is -0.487 e. The summed E-state index contributed by atoms with van der Waals surface area (Å²) in [6.45, 7) is 5.50. The summed E-state index contributed by atoms with van der Waals surface area (Å²) in [5.41, 5.74) is 4.79. The number of fused-ring (bicyclic) bond motifs is 2. The van der Waals surface area contributed by atoms with Crippen LogP contribution in [0.5, 0.6) is 5.75 Å². The predicted molar refractivity (Wildman–Crippen MR) is 128 cm³/mol. The lowest BCUT2D eigenvalue weighted by Gasteiger charge is -2.09. The van der Waals surface area contributed by atoms with E-state index < -0.39 is 5.97 Å². The first-order chi connectivity index (χ1) is 15.6. The molecule has 2 aromatic heterocycles. The van der Waals surface area contributed by atoms with Gasteiger partial charge in [0.2, 0.25) is 0 Å². The molecule has 0 saturated heterocycles. The maximum absolute atomic E-state index is 11.5. The molecule has 5 nitrogen and oxygen atoms in total. The van der Waals surface area contributed by atoms with Crippen molar-refractivity contribution >= 4 is 27.8 Å². The van der Waals surface area contributed by atoms with Crippen LogP contribution in [0.4, 0.5) is 0 Å². The van der Waals surface area contributed by atoms with Crippen molar-refractivity contribution in [1.29, 1.82) is 0 Å². The van der Waals surface area contributed by atoms with E-state index in [1.165, 1.54) is 19.3 Å². The van der Waals surface area contributed by atoms with Gasteiger partial charge in [0.1, 0.15) is 12.4 Å². The van der Waals surface area contributed by atoms with Gasteiger partial charge in [-0.2, -0.15) is 0 Å². The molecule has 166 valence electrons. The summed E-state index contributed by atoms with van der Waals surface area (Å²) in [5, 5.41) is 11.5. The number of carbonyl (C=O) groups is 1. The predicted octanol–water partition coefficient (Wildman–Crippen LogP) is 6.28. The molecule has 0 atom stereocenters. The number of aromatic nitrogens is 2. The van der Waals surface area contributed by atoms with Crippen LogP contribution in [0.1, 0.15) is 49.6 Å². The number of hydrogen-bond acceptors (Lipinski definition) is 3. The molecule has 0 aliphatic heterocycles. The van der Waals surface area contributed by atoms with Crippen LogP contribution in [0, 0.1) is 6.92 Å². The van der Waals surface area contributed by atoms with Gasteiger partial charge in [-0.3, -0.25) is 4.79 Å². The SMILES string of the molecule is CCCCCCn1c(C)c(CC(=O)O)c2cc(OCc3ccc4ccccc4n3)ccc21. The van der Waals surface area contributed by atoms with E-state index >= 15 is 0 Å². The molecule has 0 spiro atoms. The number of unbranched alkanes of at least 4 members (excludes halogenated alkanes) is 3. The number of carboxylic acid groups (broad SMARTS) is 1. The number of aryl methyl sites for hydroxylation is 1. The summed E-state index contributed by atoms with van der Waals surface area (Å²) in [6.07, 6.45) is 4.71. The molecule has 5 heteroatoms. The van der Waals surface area contributed by atoms with Crippen LogP contribution in [-0.4, -0.2) is 20.6 Å². The number of rotatable bonds is 10. The van der Waals surface area contributed by atoms with Crippen molar-refractivity contribution in [3.63, 3.8) is 0 Å². The molecular formula is C27H30N2O3. The lowest BCUT2D eigenvalue weighted by molar-refractivity contribution is -0.136. The van der Waals surface area contributed by atoms with Gasteiger partial charge in [0.25, 0.3) is 0 Å². The fraction of sp³-hybridized carbons (Fsp3) is 0.333. The Balaban J connectivity index is 1.58. The molecule has 4 aromatic rings. The maximum atomic E-state index is 11.5. The Kier molecular flexibility index (Phi) is 6.74. The van der Waals surface area contributed by atoms with Crippen LogP contribution in [0.15, 0.2) is 54.6 Å². The van der Waals surface area contributed by atoms with E-state index in [-0.39, 0.29) is 6.42 Å². The Morgan fingerprint density at radius 2 is 1.91 bits per heavy atom. The molecule has 0 aliphatic carbocycles. The topological polar surface area (TPSA) is 64.4 Å². The van der Waals surface area contributed by atoms with Crippen LogP contribution in [0.25, 0.3) is 21.8 Å². The number of carboxylic acids is 1. The van der Waals surface area contributed by atoms with Crippen molar-refractivity contribution in [3.8, 4) is 5.75 Å². The Bertz CT molecular complexity index is 1240. The van der Waals surface area contributed by atoms with Crippen LogP contribution in [0.3, 0.4) is 0 Å². The molecule has 0 fully saturated rings. The van der Waals surface area contributed by atoms with Crippen LogP contribution >= 0.6 is 0 Å². The van der Waals surface area contributed by atoms with Crippen molar-refractivity contribution in [2.75, 3.05) is 0 Å². The largest absolute Gasteiger partial charge is 0.487 e. The number of ether oxygens (including phenoxy) is 1. The minimum absolute atomic E-state index is 0.0139. The second-order valence-corrected chi connectivity index (χ2v) is 8.31. The number of para-hydroxylation sites is 1. The minimum atomic E-state index is -0.815. The van der Waals surface area contributed by atoms with E-state index in [0.29, 0.717) is 6.61 Å². The van der Waals surface area contributed by atoms with Crippen molar-refractivity contribution in [2.24, 2.45) is 0 Å². The summed E-state index contributed by atoms with van der Waals surface area (Å²) in [4.78, 5) is 16.2. The molecule has 1 N–H and O–H groups in total. The first-order valence-corrected chi connectivity index (χ1v) is 11.4. The first kappa shape index (κ1) is 21.9. The lowest BCUT2D eigenvalue weighted by Crippen LogP contribution is -2.04. The normalized spacial score (nSPS) is 11.3. The van der Waals surface area contributed by atoms with Gasteiger partial charge in [-0.1, -0.05) is 50.5 Å². The van der Waals surface area contributed by atoms with Gasteiger partial charge < -0.3 is 14.4 Å². The van der Waals surface area contributed by atoms with Gasteiger partial charge in [0, 0.05) is 28.5 Å². The monoisotopic (exact) mass is 430 g/mol. The van der Waals surface area contributed by atoms with E-state index in [1.807, 2.05) is 49.4 Å². The highest BCUT2D eigenvalue weighted by atomic mass is 16.5. The highest BCUT2D eigenvalue weighted by Crippen LogP contribution is 2.31. The molecule has 0 bridgehead atoms. The zero-order chi connectivity index (χ0) is 22.5. The summed E-state index contributed by atoms with van der Waals surface area (Å²) in [7, 11) is 0. The Morgan fingerprint density at radius 1 is 1.06 bits per heavy atom. The molecule has 4 rings (SSSR count). The maximum Gasteiger partial charge on any atom is 0.307 e. The lowest BCUT2D eigenvalue weighted by atomic mass is 10.1. The van der Waals surface area contributed by atoms with Crippen molar-refractivity contribution < 1.29 is 14.6 Å². The Hall–Kier alpha value is -3.34. The quantitative estimate of drug-likeness (QED) is 0.301. The molecule has 0 aliphatic rings. The second kappa shape index (κ2) is 9.86. The average molecular weight is 431 g/mol. The summed E-state index contributed by atoms with van der Waals surface area (Å²) >= 11 is 0. The van der Waals surface area contributed by atoms with Crippen LogP contribution < -0.4 is 4.74 Å². The molecule has 0 saturated carbocycles. The van der Waals surface area contributed by atoms with E-state index in [1.54, 1.807) is 0 Å². The van der Waals surface area contributed by atoms with E-state index in [0.717, 1.165) is 57.5 Å². The summed E-state index contributed by atoms with van der Waals surface area (Å²) in [5.74, 6) is -0.0907. The van der Waals surface area contributed by atoms with Crippen molar-refractivity contribution in [2.45, 2.75) is 59.1 Å². The average Bonchev–Trinajstić information content (AvgIpc) is 3.05. The third kappa shape index (κ3) is 4.77. The van der Waals surface area contributed by atoms with Gasteiger partial charge in [0.15, 0.2) is 0 Å². The number of pyridine rings is 1. The van der Waals surface area contributed by atoms with E-state index in [9.17, 15) is 9.90 Å². The molecule has 0 amide bonds. The third-order valence-electron chi connectivity index (χ3n) is 6.03. The number of benzene rings is 2. The fourth-order valence-electron chi connectivity index (χ4n) is 4.33. The zero-order valence-electron chi connectivity index (χ0n) is 18.8. The molecule has 0 radical (unpaired) electrons. The molecule has 0 unspecified atom stereocenters. The van der Waals surface area contributed by atoms with Gasteiger partial charge in [-0.05, 0) is 49.2 Å². The molecule has 2 heterocycles. The highest BCUT2D eigenvalue weighted by molar-refractivity contribution is 5.90. The second-order valence-electron chi connectivity index (χ2n) is 8.31. The fourth-order valence-corrected chi connectivity index (χ4v) is 4.33. The van der Waals surface area contributed by atoms with E-state index in [4.69, 9.17) is 4.74 Å². The molecular weight excluding hydrogens is 400 g/mol. The standard InChI is InChI=1S/C27H30N2O3/c1-3-4-5-8-15-29-19(2)23(17-27(30)31)24-16-22(13-14-26(24)29)32-18-21-12-11-20-9-6-7-10-25(20)28-21/h6-7,9-14,16H,3-5,8,15,17-18H2,1-2H3,(H,30,31). The smallest absolute Gasteiger partial charge is 0.307 e. The number of aliphatic carboxylic acids is 1. The van der Waals surface area contributed by atoms with Gasteiger partial charge >= 0.3 is 5.97 Å². The number of nitrogens with zero attached hydrogens (tertiary/aromatic N) is 2. The van der Waals surface area contributed by atoms with Gasteiger partial charge in [-0.25, -0.2) is 4.98 Å². The van der Waals surface area contributed by atoms with Crippen molar-refractivity contribution in [3.05, 3.63) is 71.5 Å². The highest BCUT2D eigenvalue weighted by Gasteiger charge is 2.17. The van der Waals surface area contributed by atoms with Crippen LogP contribution in [0.2, 0.25) is 0 Å². The summed E-state index contributed by atoms with van der Waals surface area (Å²) < 4.78 is 8.31. The van der Waals surface area contributed by atoms with Crippen molar-refractivity contribution in [1.82, 2.24) is 9.55 Å². The molecule has 32 heavy (non-hydrogen) atoms.